The Kier molecular flexibility index (Phi) is 5.15. The number of carbonyl (C=O) groups excluding carboxylic acids is 1. The normalized spacial score (nSPS) is 11.9. The predicted octanol–water partition coefficient (Wildman–Crippen LogP) is 6.28. The predicted molar refractivity (Wildman–Crippen MR) is 144 cm³/mol. The van der Waals surface area contributed by atoms with Crippen LogP contribution in [0.2, 0.25) is 0 Å². The molecule has 0 saturated heterocycles. The first kappa shape index (κ1) is 22.1. The fourth-order valence-corrected chi connectivity index (χ4v) is 4.70. The largest absolute Gasteiger partial charge is 0.352 e. The summed E-state index contributed by atoms with van der Waals surface area (Å²) in [6.07, 6.45) is 7.09. The summed E-state index contributed by atoms with van der Waals surface area (Å²) in [7, 11) is 0. The Morgan fingerprint density at radius 1 is 0.972 bits per heavy atom. The first-order chi connectivity index (χ1) is 17.4. The molecule has 9 heteroatoms. The standard InChI is InChI=1S/C27H23N7OS/c1-27(2,3)26(35)30-17-8-16(10-28-11-17)20-4-5-21-24(32-20)25(34-33-21)22-9-18-19(15-6-7-36-14-15)12-29-13-23(18)31-22/h4-14,31H,1-3H3,(H,30,35)(H,33,34). The molecule has 8 nitrogen and oxygen atoms in total. The summed E-state index contributed by atoms with van der Waals surface area (Å²) in [6.45, 7) is 5.62. The van der Waals surface area contributed by atoms with Gasteiger partial charge in [-0.25, -0.2) is 4.98 Å². The number of aromatic nitrogens is 6. The summed E-state index contributed by atoms with van der Waals surface area (Å²) in [5.41, 5.74) is 7.97. The molecule has 0 aliphatic heterocycles. The second-order valence-corrected chi connectivity index (χ2v) is 10.5. The topological polar surface area (TPSA) is 112 Å². The number of fused-ring (bicyclic) bond motifs is 2. The Hall–Kier alpha value is -4.37. The highest BCUT2D eigenvalue weighted by Gasteiger charge is 2.21. The van der Waals surface area contributed by atoms with Crippen LogP contribution in [0.4, 0.5) is 5.69 Å². The van der Waals surface area contributed by atoms with Crippen LogP contribution in [0, 0.1) is 5.41 Å². The van der Waals surface area contributed by atoms with E-state index >= 15 is 0 Å². The van der Waals surface area contributed by atoms with E-state index in [4.69, 9.17) is 4.98 Å². The van der Waals surface area contributed by atoms with Crippen molar-refractivity contribution < 1.29 is 4.79 Å². The van der Waals surface area contributed by atoms with Crippen LogP contribution >= 0.6 is 11.3 Å². The van der Waals surface area contributed by atoms with Crippen molar-refractivity contribution in [3.05, 3.63) is 65.9 Å². The highest BCUT2D eigenvalue weighted by atomic mass is 32.1. The number of hydrogen-bond acceptors (Lipinski definition) is 6. The Morgan fingerprint density at radius 2 is 1.83 bits per heavy atom. The van der Waals surface area contributed by atoms with E-state index < -0.39 is 5.41 Å². The van der Waals surface area contributed by atoms with Crippen LogP contribution in [0.1, 0.15) is 20.8 Å². The Bertz CT molecular complexity index is 1720. The molecule has 6 heterocycles. The minimum absolute atomic E-state index is 0.0721. The molecule has 0 aliphatic rings. The molecule has 0 spiro atoms. The first-order valence-electron chi connectivity index (χ1n) is 11.5. The van der Waals surface area contributed by atoms with Crippen LogP contribution in [0.25, 0.3) is 55.7 Å². The van der Waals surface area contributed by atoms with Gasteiger partial charge in [0.2, 0.25) is 5.91 Å². The fraction of sp³-hybridized carbons (Fsp3) is 0.148. The van der Waals surface area contributed by atoms with Crippen LogP contribution in [-0.4, -0.2) is 36.0 Å². The molecular formula is C27H23N7OS. The molecule has 0 atom stereocenters. The number of aromatic amines is 2. The molecule has 0 unspecified atom stereocenters. The number of H-pyrrole nitrogens is 2. The smallest absolute Gasteiger partial charge is 0.229 e. The maximum absolute atomic E-state index is 12.4. The molecule has 6 rings (SSSR count). The molecule has 0 bridgehead atoms. The van der Waals surface area contributed by atoms with Crippen molar-refractivity contribution in [3.63, 3.8) is 0 Å². The van der Waals surface area contributed by atoms with Crippen LogP contribution in [0.15, 0.2) is 65.9 Å². The van der Waals surface area contributed by atoms with E-state index in [9.17, 15) is 4.79 Å². The maximum Gasteiger partial charge on any atom is 0.229 e. The van der Waals surface area contributed by atoms with Gasteiger partial charge in [-0.3, -0.25) is 19.9 Å². The average molecular weight is 494 g/mol. The van der Waals surface area contributed by atoms with Crippen molar-refractivity contribution in [2.24, 2.45) is 5.41 Å². The number of pyridine rings is 3. The number of amides is 1. The van der Waals surface area contributed by atoms with Gasteiger partial charge in [-0.15, -0.1) is 0 Å². The summed E-state index contributed by atoms with van der Waals surface area (Å²) in [4.78, 5) is 29.5. The van der Waals surface area contributed by atoms with E-state index in [0.717, 1.165) is 55.7 Å². The second-order valence-electron chi connectivity index (χ2n) is 9.67. The third kappa shape index (κ3) is 3.93. The van der Waals surface area contributed by atoms with Gasteiger partial charge in [0.1, 0.15) is 11.2 Å². The maximum atomic E-state index is 12.4. The van der Waals surface area contributed by atoms with Crippen LogP contribution in [0.5, 0.6) is 0 Å². The van der Waals surface area contributed by atoms with Gasteiger partial charge in [0.15, 0.2) is 0 Å². The van der Waals surface area contributed by atoms with Crippen LogP contribution in [0.3, 0.4) is 0 Å². The highest BCUT2D eigenvalue weighted by molar-refractivity contribution is 7.08. The van der Waals surface area contributed by atoms with Gasteiger partial charge in [0, 0.05) is 34.3 Å². The molecule has 6 aromatic rings. The molecule has 0 aromatic carbocycles. The fourth-order valence-electron chi connectivity index (χ4n) is 4.04. The van der Waals surface area contributed by atoms with Gasteiger partial charge >= 0.3 is 0 Å². The van der Waals surface area contributed by atoms with Crippen LogP contribution in [-0.2, 0) is 4.79 Å². The average Bonchev–Trinajstić information content (AvgIpc) is 3.62. The Labute approximate surface area is 210 Å². The lowest BCUT2D eigenvalue weighted by Crippen LogP contribution is -2.27. The zero-order valence-corrected chi connectivity index (χ0v) is 20.8. The minimum Gasteiger partial charge on any atom is -0.352 e. The highest BCUT2D eigenvalue weighted by Crippen LogP contribution is 2.34. The van der Waals surface area contributed by atoms with Gasteiger partial charge in [-0.1, -0.05) is 20.8 Å². The van der Waals surface area contributed by atoms with Gasteiger partial charge < -0.3 is 10.3 Å². The zero-order chi connectivity index (χ0) is 24.9. The number of rotatable bonds is 4. The number of nitrogens with zero attached hydrogens (tertiary/aromatic N) is 4. The van der Waals surface area contributed by atoms with E-state index in [1.165, 1.54) is 0 Å². The molecule has 0 saturated carbocycles. The summed E-state index contributed by atoms with van der Waals surface area (Å²) in [5.74, 6) is -0.0721. The summed E-state index contributed by atoms with van der Waals surface area (Å²) in [6, 6.07) is 9.94. The summed E-state index contributed by atoms with van der Waals surface area (Å²) >= 11 is 1.66. The van der Waals surface area contributed by atoms with Gasteiger partial charge in [0.25, 0.3) is 0 Å². The number of nitrogens with one attached hydrogen (secondary N) is 3. The van der Waals surface area contributed by atoms with Crippen molar-refractivity contribution in [1.82, 2.24) is 30.1 Å². The summed E-state index contributed by atoms with van der Waals surface area (Å²) < 4.78 is 0. The molecule has 0 radical (unpaired) electrons. The van der Waals surface area contributed by atoms with Crippen molar-refractivity contribution in [2.45, 2.75) is 20.8 Å². The second kappa shape index (κ2) is 8.39. The monoisotopic (exact) mass is 493 g/mol. The van der Waals surface area contributed by atoms with Gasteiger partial charge in [-0.2, -0.15) is 16.4 Å². The van der Waals surface area contributed by atoms with Crippen molar-refractivity contribution >= 4 is 44.9 Å². The zero-order valence-electron chi connectivity index (χ0n) is 20.0. The van der Waals surface area contributed by atoms with Crippen molar-refractivity contribution in [1.29, 1.82) is 0 Å². The molecule has 178 valence electrons. The lowest BCUT2D eigenvalue weighted by Gasteiger charge is -2.17. The molecular weight excluding hydrogens is 470 g/mol. The van der Waals surface area contributed by atoms with E-state index in [1.807, 2.05) is 51.4 Å². The molecule has 0 aliphatic carbocycles. The Balaban J connectivity index is 1.40. The number of hydrogen-bond donors (Lipinski definition) is 3. The minimum atomic E-state index is -0.503. The third-order valence-corrected chi connectivity index (χ3v) is 6.70. The third-order valence-electron chi connectivity index (χ3n) is 6.01. The number of carbonyl (C=O) groups is 1. The quantitative estimate of drug-likeness (QED) is 0.268. The van der Waals surface area contributed by atoms with E-state index in [-0.39, 0.29) is 5.91 Å². The van der Waals surface area contributed by atoms with Gasteiger partial charge in [0.05, 0.1) is 40.5 Å². The first-order valence-corrected chi connectivity index (χ1v) is 12.4. The van der Waals surface area contributed by atoms with E-state index in [1.54, 1.807) is 23.7 Å². The van der Waals surface area contributed by atoms with Crippen molar-refractivity contribution in [2.75, 3.05) is 5.32 Å². The van der Waals surface area contributed by atoms with Crippen molar-refractivity contribution in [3.8, 4) is 33.8 Å². The molecule has 36 heavy (non-hydrogen) atoms. The molecule has 3 N–H and O–H groups in total. The SMILES string of the molecule is CC(C)(C)C(=O)Nc1cncc(-c2ccc3[nH]nc(-c4cc5c(-c6ccsc6)cncc5[nH]4)c3n2)c1. The number of anilines is 1. The van der Waals surface area contributed by atoms with E-state index in [0.29, 0.717) is 5.69 Å². The molecule has 1 amide bonds. The van der Waals surface area contributed by atoms with Gasteiger partial charge in [-0.05, 0) is 46.7 Å². The van der Waals surface area contributed by atoms with E-state index in [2.05, 4.69) is 53.4 Å². The lowest BCUT2D eigenvalue weighted by atomic mass is 9.95. The summed E-state index contributed by atoms with van der Waals surface area (Å²) in [5, 5.41) is 15.8. The lowest BCUT2D eigenvalue weighted by molar-refractivity contribution is -0.123. The Morgan fingerprint density at radius 3 is 2.64 bits per heavy atom. The molecule has 6 aromatic heterocycles. The van der Waals surface area contributed by atoms with Crippen LogP contribution < -0.4 is 5.32 Å². The number of thiophene rings is 1. The molecule has 0 fully saturated rings.